The summed E-state index contributed by atoms with van der Waals surface area (Å²) in [5, 5.41) is 20.1. The standard InChI is InChI=1S/C17H22N4O2S.BrH/c1-5-23-13-7-11-10(6-12(13)22-4)15(21-9-17(11,2)3)14(8-18)24-16(19)20;/h6-7,21H,5,9H2,1-4H3,(H3,19,20);1H. The average molecular weight is 427 g/mol. The second-order valence-electron chi connectivity index (χ2n) is 6.00. The van der Waals surface area contributed by atoms with E-state index in [1.165, 1.54) is 0 Å². The molecule has 8 heteroatoms. The van der Waals surface area contributed by atoms with Crippen LogP contribution >= 0.6 is 28.7 Å². The second kappa shape index (κ2) is 8.50. The SMILES string of the molecule is Br.CCOc1cc2c(cc1OC)C(=C(C#N)SC(=N)N)NCC2(C)C. The van der Waals surface area contributed by atoms with Gasteiger partial charge in [0, 0.05) is 17.5 Å². The molecule has 0 spiro atoms. The largest absolute Gasteiger partial charge is 0.493 e. The van der Waals surface area contributed by atoms with Crippen molar-refractivity contribution >= 4 is 39.6 Å². The molecular formula is C17H23BrN4O2S. The first-order valence-corrected chi connectivity index (χ1v) is 8.41. The average Bonchev–Trinajstić information content (AvgIpc) is 2.53. The molecule has 0 aliphatic carbocycles. The van der Waals surface area contributed by atoms with Gasteiger partial charge in [-0.1, -0.05) is 13.8 Å². The number of halogens is 1. The lowest BCUT2D eigenvalue weighted by Gasteiger charge is -2.36. The molecular weight excluding hydrogens is 404 g/mol. The Labute approximate surface area is 163 Å². The van der Waals surface area contributed by atoms with Crippen LogP contribution in [-0.4, -0.2) is 25.4 Å². The van der Waals surface area contributed by atoms with Crippen molar-refractivity contribution in [2.75, 3.05) is 20.3 Å². The van der Waals surface area contributed by atoms with Crippen LogP contribution in [-0.2, 0) is 5.41 Å². The Hall–Kier alpha value is -1.85. The van der Waals surface area contributed by atoms with Gasteiger partial charge in [0.1, 0.15) is 11.0 Å². The first-order valence-electron chi connectivity index (χ1n) is 7.59. The summed E-state index contributed by atoms with van der Waals surface area (Å²) in [5.41, 5.74) is 7.93. The van der Waals surface area contributed by atoms with Crippen LogP contribution < -0.4 is 20.5 Å². The molecule has 0 aromatic heterocycles. The monoisotopic (exact) mass is 426 g/mol. The first kappa shape index (κ1) is 21.2. The van der Waals surface area contributed by atoms with Gasteiger partial charge in [-0.15, -0.1) is 17.0 Å². The van der Waals surface area contributed by atoms with Gasteiger partial charge >= 0.3 is 0 Å². The van der Waals surface area contributed by atoms with E-state index in [0.717, 1.165) is 22.9 Å². The van der Waals surface area contributed by atoms with Gasteiger partial charge in [0.2, 0.25) is 0 Å². The maximum atomic E-state index is 9.47. The molecule has 6 nitrogen and oxygen atoms in total. The van der Waals surface area contributed by atoms with Crippen LogP contribution in [0.5, 0.6) is 11.5 Å². The number of allylic oxidation sites excluding steroid dienone is 1. The molecule has 0 unspecified atom stereocenters. The Morgan fingerprint density at radius 3 is 2.64 bits per heavy atom. The molecule has 0 saturated heterocycles. The second-order valence-corrected chi connectivity index (χ2v) is 7.05. The fourth-order valence-electron chi connectivity index (χ4n) is 2.70. The minimum absolute atomic E-state index is 0. The van der Waals surface area contributed by atoms with E-state index in [9.17, 15) is 5.26 Å². The number of rotatable bonds is 4. The maximum Gasteiger partial charge on any atom is 0.161 e. The normalized spacial score (nSPS) is 16.4. The van der Waals surface area contributed by atoms with Gasteiger partial charge in [-0.25, -0.2) is 0 Å². The van der Waals surface area contributed by atoms with E-state index in [1.54, 1.807) is 7.11 Å². The van der Waals surface area contributed by atoms with Gasteiger partial charge in [0.25, 0.3) is 0 Å². The highest BCUT2D eigenvalue weighted by Crippen LogP contribution is 2.42. The first-order chi connectivity index (χ1) is 11.3. The van der Waals surface area contributed by atoms with Gasteiger partial charge in [-0.3, -0.25) is 5.41 Å². The molecule has 0 atom stereocenters. The van der Waals surface area contributed by atoms with Crippen molar-refractivity contribution in [3.05, 3.63) is 28.2 Å². The van der Waals surface area contributed by atoms with Crippen LogP contribution in [0.4, 0.5) is 0 Å². The van der Waals surface area contributed by atoms with Crippen LogP contribution in [0.25, 0.3) is 5.70 Å². The van der Waals surface area contributed by atoms with Crippen molar-refractivity contribution in [3.8, 4) is 17.6 Å². The molecule has 1 aliphatic rings. The molecule has 136 valence electrons. The summed E-state index contributed by atoms with van der Waals surface area (Å²) >= 11 is 0.943. The van der Waals surface area contributed by atoms with E-state index < -0.39 is 0 Å². The van der Waals surface area contributed by atoms with Gasteiger partial charge in [0.05, 0.1) is 19.4 Å². The lowest BCUT2D eigenvalue weighted by atomic mass is 9.78. The van der Waals surface area contributed by atoms with Crippen molar-refractivity contribution in [1.29, 1.82) is 10.7 Å². The Balaban J connectivity index is 0.00000312. The zero-order valence-electron chi connectivity index (χ0n) is 14.7. The summed E-state index contributed by atoms with van der Waals surface area (Å²) in [6.45, 7) is 7.38. The highest BCUT2D eigenvalue weighted by molar-refractivity contribution is 8.93. The highest BCUT2D eigenvalue weighted by Gasteiger charge is 2.33. The number of amidine groups is 1. The Bertz CT molecular complexity index is 741. The fraction of sp³-hybridized carbons (Fsp3) is 0.412. The van der Waals surface area contributed by atoms with Gasteiger partial charge in [-0.2, -0.15) is 5.26 Å². The van der Waals surface area contributed by atoms with Crippen molar-refractivity contribution in [1.82, 2.24) is 5.32 Å². The third kappa shape index (κ3) is 4.41. The molecule has 0 radical (unpaired) electrons. The lowest BCUT2D eigenvalue weighted by molar-refractivity contribution is 0.309. The smallest absolute Gasteiger partial charge is 0.161 e. The predicted octanol–water partition coefficient (Wildman–Crippen LogP) is 3.37. The topological polar surface area (TPSA) is 104 Å². The number of nitrogens with one attached hydrogen (secondary N) is 2. The number of hydrogen-bond donors (Lipinski definition) is 3. The summed E-state index contributed by atoms with van der Waals surface area (Å²) in [6.07, 6.45) is 0. The summed E-state index contributed by atoms with van der Waals surface area (Å²) in [7, 11) is 1.59. The molecule has 1 aliphatic heterocycles. The zero-order valence-corrected chi connectivity index (χ0v) is 17.3. The number of thioether (sulfide) groups is 1. The van der Waals surface area contributed by atoms with Crippen LogP contribution in [0.15, 0.2) is 17.0 Å². The molecule has 0 fully saturated rings. The molecule has 2 rings (SSSR count). The van der Waals surface area contributed by atoms with E-state index in [-0.39, 0.29) is 27.6 Å². The van der Waals surface area contributed by atoms with E-state index >= 15 is 0 Å². The number of nitrogens with two attached hydrogens (primary N) is 1. The Morgan fingerprint density at radius 1 is 1.44 bits per heavy atom. The maximum absolute atomic E-state index is 9.47. The lowest BCUT2D eigenvalue weighted by Crippen LogP contribution is -2.38. The molecule has 0 saturated carbocycles. The van der Waals surface area contributed by atoms with Crippen LogP contribution in [0.3, 0.4) is 0 Å². The quantitative estimate of drug-likeness (QED) is 0.387. The van der Waals surface area contributed by atoms with Crippen LogP contribution in [0.2, 0.25) is 0 Å². The third-order valence-electron chi connectivity index (χ3n) is 3.85. The van der Waals surface area contributed by atoms with E-state index in [2.05, 4.69) is 25.2 Å². The van der Waals surface area contributed by atoms with Crippen molar-refractivity contribution in [3.63, 3.8) is 0 Å². The number of nitriles is 1. The summed E-state index contributed by atoms with van der Waals surface area (Å²) in [4.78, 5) is 0.366. The predicted molar refractivity (Wildman–Crippen MR) is 108 cm³/mol. The number of fused-ring (bicyclic) bond motifs is 1. The molecule has 0 bridgehead atoms. The number of nitrogens with zero attached hydrogens (tertiary/aromatic N) is 1. The van der Waals surface area contributed by atoms with Gasteiger partial charge < -0.3 is 20.5 Å². The molecule has 25 heavy (non-hydrogen) atoms. The van der Waals surface area contributed by atoms with E-state index in [4.69, 9.17) is 20.6 Å². The number of hydrogen-bond acceptors (Lipinski definition) is 6. The third-order valence-corrected chi connectivity index (χ3v) is 4.57. The molecule has 4 N–H and O–H groups in total. The van der Waals surface area contributed by atoms with Gasteiger partial charge in [-0.05, 0) is 36.4 Å². The molecule has 1 aromatic rings. The summed E-state index contributed by atoms with van der Waals surface area (Å²) < 4.78 is 11.1. The zero-order chi connectivity index (χ0) is 17.9. The molecule has 0 amide bonds. The van der Waals surface area contributed by atoms with Crippen LogP contribution in [0, 0.1) is 16.7 Å². The highest BCUT2D eigenvalue weighted by atomic mass is 79.9. The Kier molecular flexibility index (Phi) is 7.20. The number of ether oxygens (including phenoxy) is 2. The van der Waals surface area contributed by atoms with E-state index in [1.807, 2.05) is 19.1 Å². The van der Waals surface area contributed by atoms with E-state index in [0.29, 0.717) is 35.3 Å². The molecule has 1 aromatic carbocycles. The van der Waals surface area contributed by atoms with Gasteiger partial charge in [0.15, 0.2) is 16.7 Å². The van der Waals surface area contributed by atoms with Crippen molar-refractivity contribution < 1.29 is 9.47 Å². The minimum atomic E-state index is -0.140. The molecule has 1 heterocycles. The van der Waals surface area contributed by atoms with Crippen LogP contribution in [0.1, 0.15) is 31.9 Å². The summed E-state index contributed by atoms with van der Waals surface area (Å²) in [5.74, 6) is 1.29. The minimum Gasteiger partial charge on any atom is -0.493 e. The summed E-state index contributed by atoms with van der Waals surface area (Å²) in [6, 6.07) is 5.99. The number of methoxy groups -OCH3 is 1. The number of benzene rings is 1. The van der Waals surface area contributed by atoms with Crippen molar-refractivity contribution in [2.45, 2.75) is 26.2 Å². The fourth-order valence-corrected chi connectivity index (χ4v) is 3.25. The van der Waals surface area contributed by atoms with Crippen molar-refractivity contribution in [2.24, 2.45) is 5.73 Å². The Morgan fingerprint density at radius 2 is 2.12 bits per heavy atom.